The lowest BCUT2D eigenvalue weighted by Crippen LogP contribution is -1.90. The number of halogens is 1. The molecular weight excluding hydrogens is 379 g/mol. The third kappa shape index (κ3) is 3.91. The van der Waals surface area contributed by atoms with Gasteiger partial charge in [0, 0.05) is 21.9 Å². The van der Waals surface area contributed by atoms with Gasteiger partial charge in [0.2, 0.25) is 0 Å². The second-order valence-electron chi connectivity index (χ2n) is 6.02. The summed E-state index contributed by atoms with van der Waals surface area (Å²) < 4.78 is 19.5. The molecule has 0 radical (unpaired) electrons. The summed E-state index contributed by atoms with van der Waals surface area (Å²) in [5.41, 5.74) is 9.90. The van der Waals surface area contributed by atoms with Crippen LogP contribution in [0.5, 0.6) is 5.75 Å². The average molecular weight is 397 g/mol. The molecule has 0 aliphatic rings. The Morgan fingerprint density at radius 2 is 1.89 bits per heavy atom. The minimum atomic E-state index is -0.245. The van der Waals surface area contributed by atoms with Crippen LogP contribution < -0.4 is 10.5 Å². The molecule has 0 aliphatic carbocycles. The van der Waals surface area contributed by atoms with Crippen molar-refractivity contribution in [2.24, 2.45) is 0 Å². The van der Waals surface area contributed by atoms with Crippen molar-refractivity contribution >= 4 is 39.0 Å². The first-order valence-corrected chi connectivity index (χ1v) is 10.1. The van der Waals surface area contributed by atoms with E-state index in [1.807, 2.05) is 36.4 Å². The van der Waals surface area contributed by atoms with Crippen LogP contribution in [0.2, 0.25) is 0 Å². The Morgan fingerprint density at radius 3 is 2.67 bits per heavy atom. The van der Waals surface area contributed by atoms with Crippen LogP contribution in [0.15, 0.2) is 65.6 Å². The number of fused-ring (bicyclic) bond motifs is 1. The molecule has 6 heteroatoms. The fraction of sp³-hybridized carbons (Fsp3) is 0.0952. The lowest BCUT2D eigenvalue weighted by molar-refractivity contribution is 0.414. The van der Waals surface area contributed by atoms with Gasteiger partial charge >= 0.3 is 0 Å². The molecular formula is C21H17FN2OS2. The Labute approximate surface area is 165 Å². The summed E-state index contributed by atoms with van der Waals surface area (Å²) in [6, 6.07) is 18.6. The highest BCUT2D eigenvalue weighted by Gasteiger charge is 2.10. The number of nitrogens with two attached hydrogens (primary N) is 1. The maximum absolute atomic E-state index is 13.4. The molecule has 0 saturated carbocycles. The van der Waals surface area contributed by atoms with E-state index in [-0.39, 0.29) is 5.82 Å². The SMILES string of the molecule is COc1ccc(CSc2cc(-c3nc4ccc(F)cc4s3)ccc2N)cc1. The zero-order valence-corrected chi connectivity index (χ0v) is 16.2. The highest BCUT2D eigenvalue weighted by atomic mass is 32.2. The molecule has 1 aromatic heterocycles. The molecule has 0 bridgehead atoms. The molecule has 0 fully saturated rings. The third-order valence-corrected chi connectivity index (χ3v) is 6.37. The van der Waals surface area contributed by atoms with E-state index >= 15 is 0 Å². The van der Waals surface area contributed by atoms with Crippen molar-refractivity contribution in [1.29, 1.82) is 0 Å². The van der Waals surface area contributed by atoms with Crippen molar-refractivity contribution in [2.45, 2.75) is 10.6 Å². The Kier molecular flexibility index (Phi) is 5.01. The molecule has 0 unspecified atom stereocenters. The van der Waals surface area contributed by atoms with E-state index in [0.717, 1.165) is 42.9 Å². The van der Waals surface area contributed by atoms with Crippen LogP contribution in [0.3, 0.4) is 0 Å². The molecule has 136 valence electrons. The van der Waals surface area contributed by atoms with Crippen molar-refractivity contribution in [1.82, 2.24) is 4.98 Å². The van der Waals surface area contributed by atoms with Crippen LogP contribution in [-0.4, -0.2) is 12.1 Å². The van der Waals surface area contributed by atoms with E-state index in [1.165, 1.54) is 29.0 Å². The van der Waals surface area contributed by atoms with Crippen LogP contribution in [0, 0.1) is 5.82 Å². The largest absolute Gasteiger partial charge is 0.497 e. The van der Waals surface area contributed by atoms with Crippen molar-refractivity contribution < 1.29 is 9.13 Å². The number of thiazole rings is 1. The predicted molar refractivity (Wildman–Crippen MR) is 112 cm³/mol. The predicted octanol–water partition coefficient (Wildman–Crippen LogP) is 5.99. The van der Waals surface area contributed by atoms with Gasteiger partial charge in [0.1, 0.15) is 16.6 Å². The first-order chi connectivity index (χ1) is 13.1. The van der Waals surface area contributed by atoms with Gasteiger partial charge in [0.15, 0.2) is 0 Å². The molecule has 3 aromatic carbocycles. The number of nitrogen functional groups attached to an aromatic ring is 1. The molecule has 0 atom stereocenters. The second-order valence-corrected chi connectivity index (χ2v) is 8.07. The standard InChI is InChI=1S/C21H17FN2OS2/c1-25-16-6-2-13(3-7-16)12-26-19-10-14(4-8-17(19)23)21-24-18-9-5-15(22)11-20(18)27-21/h2-11H,12,23H2,1H3. The minimum absolute atomic E-state index is 0.245. The minimum Gasteiger partial charge on any atom is -0.497 e. The molecule has 0 spiro atoms. The highest BCUT2D eigenvalue weighted by Crippen LogP contribution is 2.36. The zero-order chi connectivity index (χ0) is 18.8. The Balaban J connectivity index is 1.58. The van der Waals surface area contributed by atoms with Gasteiger partial charge in [-0.1, -0.05) is 12.1 Å². The van der Waals surface area contributed by atoms with E-state index in [1.54, 1.807) is 24.9 Å². The Bertz CT molecular complexity index is 1090. The van der Waals surface area contributed by atoms with Crippen molar-refractivity contribution in [3.8, 4) is 16.3 Å². The number of ether oxygens (including phenoxy) is 1. The van der Waals surface area contributed by atoms with Crippen LogP contribution in [0.4, 0.5) is 10.1 Å². The van der Waals surface area contributed by atoms with Crippen LogP contribution in [0.1, 0.15) is 5.56 Å². The van der Waals surface area contributed by atoms with Gasteiger partial charge in [-0.2, -0.15) is 0 Å². The number of hydrogen-bond donors (Lipinski definition) is 1. The van der Waals surface area contributed by atoms with Gasteiger partial charge in [-0.05, 0) is 54.1 Å². The van der Waals surface area contributed by atoms with Crippen molar-refractivity contribution in [2.75, 3.05) is 12.8 Å². The van der Waals surface area contributed by atoms with Crippen molar-refractivity contribution in [3.63, 3.8) is 0 Å². The van der Waals surface area contributed by atoms with Crippen LogP contribution in [0.25, 0.3) is 20.8 Å². The number of nitrogens with zero attached hydrogens (tertiary/aromatic N) is 1. The third-order valence-electron chi connectivity index (χ3n) is 4.16. The van der Waals surface area contributed by atoms with Gasteiger partial charge < -0.3 is 10.5 Å². The lowest BCUT2D eigenvalue weighted by Gasteiger charge is -2.08. The highest BCUT2D eigenvalue weighted by molar-refractivity contribution is 7.98. The number of aromatic nitrogens is 1. The number of hydrogen-bond acceptors (Lipinski definition) is 5. The maximum atomic E-state index is 13.4. The summed E-state index contributed by atoms with van der Waals surface area (Å²) in [5.74, 6) is 1.41. The van der Waals surface area contributed by atoms with E-state index in [2.05, 4.69) is 11.1 Å². The summed E-state index contributed by atoms with van der Waals surface area (Å²) in [5, 5.41) is 0.863. The normalized spacial score (nSPS) is 11.0. The molecule has 2 N–H and O–H groups in total. The Hall–Kier alpha value is -2.57. The summed E-state index contributed by atoms with van der Waals surface area (Å²) >= 11 is 3.17. The van der Waals surface area contributed by atoms with Gasteiger partial charge in [-0.15, -0.1) is 23.1 Å². The second kappa shape index (κ2) is 7.58. The number of thioether (sulfide) groups is 1. The molecule has 3 nitrogen and oxygen atoms in total. The monoisotopic (exact) mass is 396 g/mol. The molecule has 0 saturated heterocycles. The molecule has 27 heavy (non-hydrogen) atoms. The summed E-state index contributed by atoms with van der Waals surface area (Å²) in [4.78, 5) is 5.63. The fourth-order valence-electron chi connectivity index (χ4n) is 2.70. The number of rotatable bonds is 5. The zero-order valence-electron chi connectivity index (χ0n) is 14.6. The average Bonchev–Trinajstić information content (AvgIpc) is 3.11. The van der Waals surface area contributed by atoms with E-state index in [9.17, 15) is 4.39 Å². The summed E-state index contributed by atoms with van der Waals surface area (Å²) in [7, 11) is 1.66. The van der Waals surface area contributed by atoms with Gasteiger partial charge in [-0.3, -0.25) is 0 Å². The maximum Gasteiger partial charge on any atom is 0.124 e. The number of benzene rings is 3. The molecule has 0 amide bonds. The lowest BCUT2D eigenvalue weighted by atomic mass is 10.2. The first-order valence-electron chi connectivity index (χ1n) is 8.34. The summed E-state index contributed by atoms with van der Waals surface area (Å²) in [6.45, 7) is 0. The van der Waals surface area contributed by atoms with E-state index in [4.69, 9.17) is 10.5 Å². The quantitative estimate of drug-likeness (QED) is 0.333. The van der Waals surface area contributed by atoms with E-state index < -0.39 is 0 Å². The smallest absolute Gasteiger partial charge is 0.124 e. The van der Waals surface area contributed by atoms with E-state index in [0.29, 0.717) is 0 Å². The summed E-state index contributed by atoms with van der Waals surface area (Å²) in [6.07, 6.45) is 0. The molecule has 1 heterocycles. The molecule has 4 rings (SSSR count). The van der Waals surface area contributed by atoms with Crippen molar-refractivity contribution in [3.05, 3.63) is 72.0 Å². The van der Waals surface area contributed by atoms with Crippen LogP contribution >= 0.6 is 23.1 Å². The Morgan fingerprint density at radius 1 is 1.07 bits per heavy atom. The topological polar surface area (TPSA) is 48.1 Å². The van der Waals surface area contributed by atoms with Gasteiger partial charge in [-0.25, -0.2) is 9.37 Å². The molecule has 0 aliphatic heterocycles. The van der Waals surface area contributed by atoms with Gasteiger partial charge in [0.25, 0.3) is 0 Å². The van der Waals surface area contributed by atoms with Crippen LogP contribution in [-0.2, 0) is 5.75 Å². The fourth-order valence-corrected chi connectivity index (χ4v) is 4.64. The molecule has 4 aromatic rings. The number of anilines is 1. The number of methoxy groups -OCH3 is 1. The van der Waals surface area contributed by atoms with Gasteiger partial charge in [0.05, 0.1) is 17.3 Å². The first kappa shape index (κ1) is 17.8.